The van der Waals surface area contributed by atoms with Crippen molar-refractivity contribution in [1.29, 1.82) is 0 Å². The van der Waals surface area contributed by atoms with Crippen LogP contribution in [0.4, 0.5) is 0 Å². The number of aliphatic imine (C=N–C) groups is 1. The van der Waals surface area contributed by atoms with Crippen LogP contribution in [0.2, 0.25) is 0 Å². The maximum atomic E-state index is 5.90. The van der Waals surface area contributed by atoms with E-state index in [0.717, 1.165) is 37.5 Å². The second kappa shape index (κ2) is 4.66. The summed E-state index contributed by atoms with van der Waals surface area (Å²) in [6, 6.07) is 0. The number of ether oxygens (including phenoxy) is 1. The fraction of sp³-hybridized carbons (Fsp3) is 0.727. The maximum absolute atomic E-state index is 5.90. The summed E-state index contributed by atoms with van der Waals surface area (Å²) in [5.41, 5.74) is 1.13. The Morgan fingerprint density at radius 1 is 1.60 bits per heavy atom. The van der Waals surface area contributed by atoms with E-state index in [-0.39, 0.29) is 0 Å². The third-order valence-corrected chi connectivity index (χ3v) is 2.79. The van der Waals surface area contributed by atoms with Crippen molar-refractivity contribution < 1.29 is 4.74 Å². The summed E-state index contributed by atoms with van der Waals surface area (Å²) in [6.07, 6.45) is 3.42. The molecular weight excluding hydrogens is 190 g/mol. The molecule has 2 rings (SSSR count). The molecule has 4 nitrogen and oxygen atoms in total. The van der Waals surface area contributed by atoms with Crippen molar-refractivity contribution in [2.75, 3.05) is 33.2 Å². The molecule has 0 radical (unpaired) electrons. The van der Waals surface area contributed by atoms with Gasteiger partial charge < -0.3 is 15.0 Å². The summed E-state index contributed by atoms with van der Waals surface area (Å²) in [6.45, 7) is 5.71. The van der Waals surface area contributed by atoms with Gasteiger partial charge in [0.2, 0.25) is 0 Å². The van der Waals surface area contributed by atoms with Gasteiger partial charge in [0.15, 0.2) is 0 Å². The molecule has 0 aromatic heterocycles. The van der Waals surface area contributed by atoms with Crippen molar-refractivity contribution in [3.63, 3.8) is 0 Å². The Balaban J connectivity index is 1.86. The highest BCUT2D eigenvalue weighted by atomic mass is 16.5. The number of nitrogens with zero attached hydrogens (tertiary/aromatic N) is 2. The standard InChI is InChI=1S/C11H19N3O/c1-9-5-12-6-11(7-13-9)15-10-3-4-14(2)8-10/h6,10,12H,3-5,7-8H2,1-2H3. The highest BCUT2D eigenvalue weighted by Gasteiger charge is 2.21. The fourth-order valence-electron chi connectivity index (χ4n) is 1.90. The van der Waals surface area contributed by atoms with E-state index in [1.165, 1.54) is 0 Å². The van der Waals surface area contributed by atoms with E-state index in [0.29, 0.717) is 12.6 Å². The summed E-state index contributed by atoms with van der Waals surface area (Å²) in [7, 11) is 2.13. The van der Waals surface area contributed by atoms with Crippen LogP contribution in [0.25, 0.3) is 0 Å². The number of likely N-dealkylation sites (tertiary alicyclic amines) is 1. The van der Waals surface area contributed by atoms with Crippen LogP contribution in [0.5, 0.6) is 0 Å². The van der Waals surface area contributed by atoms with Crippen LogP contribution >= 0.6 is 0 Å². The summed E-state index contributed by atoms with van der Waals surface area (Å²) in [5.74, 6) is 0.965. The molecule has 0 aromatic rings. The van der Waals surface area contributed by atoms with Gasteiger partial charge in [0.1, 0.15) is 11.9 Å². The van der Waals surface area contributed by atoms with E-state index < -0.39 is 0 Å². The van der Waals surface area contributed by atoms with Gasteiger partial charge in [-0.25, -0.2) is 0 Å². The molecule has 1 atom stereocenters. The zero-order valence-corrected chi connectivity index (χ0v) is 9.49. The van der Waals surface area contributed by atoms with E-state index in [2.05, 4.69) is 22.3 Å². The lowest BCUT2D eigenvalue weighted by Gasteiger charge is -2.14. The molecule has 0 aromatic carbocycles. The molecule has 1 fully saturated rings. The van der Waals surface area contributed by atoms with Gasteiger partial charge in [0.25, 0.3) is 0 Å². The fourth-order valence-corrected chi connectivity index (χ4v) is 1.90. The molecular formula is C11H19N3O. The molecule has 15 heavy (non-hydrogen) atoms. The molecule has 2 aliphatic rings. The second-order valence-electron chi connectivity index (χ2n) is 4.33. The summed E-state index contributed by atoms with van der Waals surface area (Å²) >= 11 is 0. The largest absolute Gasteiger partial charge is 0.490 e. The van der Waals surface area contributed by atoms with Gasteiger partial charge in [-0.3, -0.25) is 4.99 Å². The Hall–Kier alpha value is -1.03. The van der Waals surface area contributed by atoms with Crippen molar-refractivity contribution in [1.82, 2.24) is 10.2 Å². The van der Waals surface area contributed by atoms with E-state index in [9.17, 15) is 0 Å². The molecule has 4 heteroatoms. The molecule has 84 valence electrons. The minimum atomic E-state index is 0.344. The minimum absolute atomic E-state index is 0.344. The first-order valence-electron chi connectivity index (χ1n) is 5.51. The van der Waals surface area contributed by atoms with E-state index in [1.54, 1.807) is 0 Å². The predicted molar refractivity (Wildman–Crippen MR) is 61.0 cm³/mol. The number of hydrogen-bond donors (Lipinski definition) is 1. The van der Waals surface area contributed by atoms with Crippen molar-refractivity contribution in [3.05, 3.63) is 12.0 Å². The van der Waals surface area contributed by atoms with E-state index >= 15 is 0 Å². The molecule has 2 heterocycles. The van der Waals surface area contributed by atoms with Gasteiger partial charge in [-0.15, -0.1) is 0 Å². The molecule has 1 saturated heterocycles. The summed E-state index contributed by atoms with van der Waals surface area (Å²) in [5, 5.41) is 3.20. The molecule has 0 saturated carbocycles. The molecule has 0 amide bonds. The Morgan fingerprint density at radius 2 is 2.47 bits per heavy atom. The summed E-state index contributed by atoms with van der Waals surface area (Å²) in [4.78, 5) is 6.71. The van der Waals surface area contributed by atoms with Gasteiger partial charge >= 0.3 is 0 Å². The number of hydrogen-bond acceptors (Lipinski definition) is 4. The van der Waals surface area contributed by atoms with Crippen molar-refractivity contribution in [2.24, 2.45) is 4.99 Å². The average Bonchev–Trinajstić information content (AvgIpc) is 2.48. The zero-order chi connectivity index (χ0) is 10.7. The zero-order valence-electron chi connectivity index (χ0n) is 9.49. The van der Waals surface area contributed by atoms with Crippen molar-refractivity contribution in [3.8, 4) is 0 Å². The van der Waals surface area contributed by atoms with Crippen molar-refractivity contribution in [2.45, 2.75) is 19.4 Å². The van der Waals surface area contributed by atoms with E-state index in [4.69, 9.17) is 4.74 Å². The Labute approximate surface area is 91.0 Å². The Bertz CT molecular complexity index is 286. The lowest BCUT2D eigenvalue weighted by molar-refractivity contribution is 0.121. The highest BCUT2D eigenvalue weighted by molar-refractivity contribution is 5.84. The topological polar surface area (TPSA) is 36.9 Å². The van der Waals surface area contributed by atoms with Gasteiger partial charge in [0, 0.05) is 25.0 Å². The molecule has 1 unspecified atom stereocenters. The van der Waals surface area contributed by atoms with Gasteiger partial charge in [0.05, 0.1) is 13.1 Å². The SMILES string of the molecule is CC1=NCC(OC2CCN(C)C2)=CNC1. The first-order valence-corrected chi connectivity index (χ1v) is 5.51. The third-order valence-electron chi connectivity index (χ3n) is 2.79. The monoisotopic (exact) mass is 209 g/mol. The van der Waals surface area contributed by atoms with Crippen LogP contribution < -0.4 is 5.32 Å². The van der Waals surface area contributed by atoms with Crippen LogP contribution in [0.15, 0.2) is 17.0 Å². The number of likely N-dealkylation sites (N-methyl/N-ethyl adjacent to an activating group) is 1. The molecule has 0 aliphatic carbocycles. The molecule has 2 aliphatic heterocycles. The lowest BCUT2D eigenvalue weighted by atomic mass is 10.3. The first kappa shape index (κ1) is 10.5. The van der Waals surface area contributed by atoms with Crippen LogP contribution in [0.1, 0.15) is 13.3 Å². The van der Waals surface area contributed by atoms with Gasteiger partial charge in [-0.1, -0.05) is 0 Å². The molecule has 1 N–H and O–H groups in total. The lowest BCUT2D eigenvalue weighted by Crippen LogP contribution is -2.20. The third kappa shape index (κ3) is 2.96. The van der Waals surface area contributed by atoms with Gasteiger partial charge in [-0.05, 0) is 20.4 Å². The average molecular weight is 209 g/mol. The maximum Gasteiger partial charge on any atom is 0.133 e. The normalized spacial score (nSPS) is 27.7. The molecule has 0 bridgehead atoms. The smallest absolute Gasteiger partial charge is 0.133 e. The predicted octanol–water partition coefficient (Wildman–Crippen LogP) is 0.613. The Kier molecular flexibility index (Phi) is 3.26. The van der Waals surface area contributed by atoms with Crippen LogP contribution in [0, 0.1) is 0 Å². The quantitative estimate of drug-likeness (QED) is 0.724. The number of rotatable bonds is 2. The van der Waals surface area contributed by atoms with Crippen molar-refractivity contribution >= 4 is 5.71 Å². The van der Waals surface area contributed by atoms with Gasteiger partial charge in [-0.2, -0.15) is 0 Å². The van der Waals surface area contributed by atoms with Crippen LogP contribution in [-0.2, 0) is 4.74 Å². The van der Waals surface area contributed by atoms with Crippen LogP contribution in [0.3, 0.4) is 0 Å². The summed E-state index contributed by atoms with van der Waals surface area (Å²) < 4.78 is 5.90. The highest BCUT2D eigenvalue weighted by Crippen LogP contribution is 2.14. The van der Waals surface area contributed by atoms with E-state index in [1.807, 2.05) is 13.1 Å². The van der Waals surface area contributed by atoms with Crippen LogP contribution in [-0.4, -0.2) is 49.9 Å². The Morgan fingerprint density at radius 3 is 3.20 bits per heavy atom. The minimum Gasteiger partial charge on any atom is -0.490 e. The first-order chi connectivity index (χ1) is 7.24. The second-order valence-corrected chi connectivity index (χ2v) is 4.33. The molecule has 0 spiro atoms. The number of nitrogens with one attached hydrogen (secondary N) is 1.